The Morgan fingerprint density at radius 3 is 2.97 bits per heavy atom. The predicted octanol–water partition coefficient (Wildman–Crippen LogP) is 4.17. The van der Waals surface area contributed by atoms with Crippen molar-refractivity contribution in [1.82, 2.24) is 14.8 Å². The first-order valence-electron chi connectivity index (χ1n) is 9.43. The molecule has 30 heavy (non-hydrogen) atoms. The second kappa shape index (κ2) is 7.34. The van der Waals surface area contributed by atoms with E-state index in [-0.39, 0.29) is 12.7 Å². The van der Waals surface area contributed by atoms with Gasteiger partial charge in [0.1, 0.15) is 17.1 Å². The Morgan fingerprint density at radius 1 is 1.23 bits per heavy atom. The van der Waals surface area contributed by atoms with Crippen molar-refractivity contribution in [3.05, 3.63) is 53.7 Å². The van der Waals surface area contributed by atoms with Gasteiger partial charge in [0.05, 0.1) is 17.0 Å². The molecule has 152 valence electrons. The number of carbonyl (C=O) groups excluding carboxylic acids is 1. The van der Waals surface area contributed by atoms with Crippen LogP contribution in [0.1, 0.15) is 23.0 Å². The molecule has 0 bridgehead atoms. The minimum atomic E-state index is -0.273. The van der Waals surface area contributed by atoms with E-state index in [2.05, 4.69) is 10.4 Å². The minimum absolute atomic E-state index is 0.160. The Morgan fingerprint density at radius 2 is 2.10 bits per heavy atom. The number of thiazole rings is 1. The summed E-state index contributed by atoms with van der Waals surface area (Å²) in [6.45, 7) is 4.52. The Kier molecular flexibility index (Phi) is 4.51. The zero-order valence-electron chi connectivity index (χ0n) is 16.3. The van der Waals surface area contributed by atoms with Gasteiger partial charge in [-0.3, -0.25) is 4.79 Å². The third-order valence-corrected chi connectivity index (χ3v) is 5.56. The molecule has 5 rings (SSSR count). The van der Waals surface area contributed by atoms with E-state index in [0.29, 0.717) is 34.6 Å². The third kappa shape index (κ3) is 3.22. The van der Waals surface area contributed by atoms with Gasteiger partial charge in [0.2, 0.25) is 11.9 Å². The molecule has 2 aromatic heterocycles. The number of hydrogen-bond donors (Lipinski definition) is 1. The number of fused-ring (bicyclic) bond motifs is 2. The van der Waals surface area contributed by atoms with E-state index in [1.165, 1.54) is 11.3 Å². The fraction of sp³-hybridized carbons (Fsp3) is 0.190. The van der Waals surface area contributed by atoms with Gasteiger partial charge in [-0.15, -0.1) is 0 Å². The molecular formula is C21H18N4O4S. The van der Waals surface area contributed by atoms with Crippen LogP contribution in [0.5, 0.6) is 17.2 Å². The summed E-state index contributed by atoms with van der Waals surface area (Å²) in [7, 11) is 0. The molecule has 1 N–H and O–H groups in total. The van der Waals surface area contributed by atoms with Gasteiger partial charge < -0.3 is 19.5 Å². The molecule has 1 aliphatic rings. The Labute approximate surface area is 176 Å². The lowest BCUT2D eigenvalue weighted by Gasteiger charge is -2.07. The molecular weight excluding hydrogens is 404 g/mol. The number of aryl methyl sites for hydroxylation is 1. The Bertz CT molecular complexity index is 1260. The van der Waals surface area contributed by atoms with E-state index in [4.69, 9.17) is 19.2 Å². The number of rotatable bonds is 5. The summed E-state index contributed by atoms with van der Waals surface area (Å²) in [6, 6.07) is 12.7. The Hall–Kier alpha value is -3.59. The second-order valence-corrected chi connectivity index (χ2v) is 7.65. The number of anilines is 1. The van der Waals surface area contributed by atoms with Crippen molar-refractivity contribution in [2.45, 2.75) is 13.8 Å². The number of ether oxygens (including phenoxy) is 3. The van der Waals surface area contributed by atoms with E-state index in [1.807, 2.05) is 32.0 Å². The van der Waals surface area contributed by atoms with Crippen molar-refractivity contribution < 1.29 is 19.0 Å². The quantitative estimate of drug-likeness (QED) is 0.519. The van der Waals surface area contributed by atoms with Gasteiger partial charge in [0.25, 0.3) is 5.91 Å². The van der Waals surface area contributed by atoms with Gasteiger partial charge in [-0.1, -0.05) is 17.4 Å². The summed E-state index contributed by atoms with van der Waals surface area (Å²) >= 11 is 1.48. The van der Waals surface area contributed by atoms with Crippen molar-refractivity contribution in [2.24, 2.45) is 0 Å². The third-order valence-electron chi connectivity index (χ3n) is 4.56. The first-order chi connectivity index (χ1) is 14.6. The fourth-order valence-electron chi connectivity index (χ4n) is 3.23. The molecule has 0 saturated carbocycles. The second-order valence-electron chi connectivity index (χ2n) is 6.64. The number of nitrogens with zero attached hydrogens (tertiary/aromatic N) is 3. The van der Waals surface area contributed by atoms with Crippen molar-refractivity contribution in [3.63, 3.8) is 0 Å². The summed E-state index contributed by atoms with van der Waals surface area (Å²) in [5, 5.41) is 8.09. The van der Waals surface area contributed by atoms with E-state index >= 15 is 0 Å². The molecule has 0 radical (unpaired) electrons. The zero-order chi connectivity index (χ0) is 20.7. The van der Waals surface area contributed by atoms with E-state index in [1.54, 1.807) is 28.9 Å². The molecule has 1 amide bonds. The van der Waals surface area contributed by atoms with Crippen LogP contribution in [-0.4, -0.2) is 34.1 Å². The highest BCUT2D eigenvalue weighted by molar-refractivity contribution is 7.20. The largest absolute Gasteiger partial charge is 0.492 e. The van der Waals surface area contributed by atoms with Crippen LogP contribution in [0.3, 0.4) is 0 Å². The summed E-state index contributed by atoms with van der Waals surface area (Å²) in [6.07, 6.45) is 0. The van der Waals surface area contributed by atoms with Crippen LogP contribution in [0, 0.1) is 6.92 Å². The van der Waals surface area contributed by atoms with Gasteiger partial charge in [0.15, 0.2) is 11.5 Å². The van der Waals surface area contributed by atoms with Crippen LogP contribution < -0.4 is 19.5 Å². The van der Waals surface area contributed by atoms with Gasteiger partial charge in [-0.05, 0) is 44.2 Å². The van der Waals surface area contributed by atoms with Gasteiger partial charge in [0, 0.05) is 11.6 Å². The van der Waals surface area contributed by atoms with Gasteiger partial charge in [-0.25, -0.2) is 4.98 Å². The predicted molar refractivity (Wildman–Crippen MR) is 113 cm³/mol. The number of benzene rings is 2. The fourth-order valence-corrected chi connectivity index (χ4v) is 4.18. The van der Waals surface area contributed by atoms with E-state index in [9.17, 15) is 4.79 Å². The molecule has 4 aromatic rings. The molecule has 1 aliphatic heterocycles. The minimum Gasteiger partial charge on any atom is -0.492 e. The van der Waals surface area contributed by atoms with E-state index < -0.39 is 0 Å². The monoisotopic (exact) mass is 422 g/mol. The van der Waals surface area contributed by atoms with Crippen LogP contribution in [-0.2, 0) is 0 Å². The standard InChI is InChI=1S/C21H18N4O4S/c1-3-27-15-5-4-6-17-19(15)23-21(30-17)25-18(9-12(2)24-25)22-20(26)13-7-8-14-16(10-13)29-11-28-14/h4-10H,3,11H2,1-2H3,(H,22,26). The van der Waals surface area contributed by atoms with Crippen molar-refractivity contribution in [1.29, 1.82) is 0 Å². The van der Waals surface area contributed by atoms with Crippen molar-refractivity contribution in [2.75, 3.05) is 18.7 Å². The lowest BCUT2D eigenvalue weighted by Crippen LogP contribution is -2.15. The zero-order valence-corrected chi connectivity index (χ0v) is 17.2. The Balaban J connectivity index is 1.48. The first kappa shape index (κ1) is 18.4. The number of nitrogens with one attached hydrogen (secondary N) is 1. The molecule has 0 fully saturated rings. The molecule has 0 aliphatic carbocycles. The average Bonchev–Trinajstić information content (AvgIpc) is 3.45. The maximum Gasteiger partial charge on any atom is 0.256 e. The molecule has 3 heterocycles. The summed E-state index contributed by atoms with van der Waals surface area (Å²) < 4.78 is 19.0. The summed E-state index contributed by atoms with van der Waals surface area (Å²) in [4.78, 5) is 17.5. The highest BCUT2D eigenvalue weighted by Gasteiger charge is 2.19. The van der Waals surface area contributed by atoms with Crippen LogP contribution in [0.2, 0.25) is 0 Å². The number of aromatic nitrogens is 3. The number of hydrogen-bond acceptors (Lipinski definition) is 7. The molecule has 8 nitrogen and oxygen atoms in total. The number of para-hydroxylation sites is 1. The van der Waals surface area contributed by atoms with Crippen LogP contribution in [0.4, 0.5) is 5.82 Å². The lowest BCUT2D eigenvalue weighted by atomic mass is 10.2. The number of carbonyl (C=O) groups is 1. The van der Waals surface area contributed by atoms with Crippen LogP contribution in [0.15, 0.2) is 42.5 Å². The molecule has 2 aromatic carbocycles. The van der Waals surface area contributed by atoms with Crippen molar-refractivity contribution >= 4 is 33.3 Å². The highest BCUT2D eigenvalue weighted by atomic mass is 32.1. The van der Waals surface area contributed by atoms with Crippen LogP contribution in [0.25, 0.3) is 15.3 Å². The summed E-state index contributed by atoms with van der Waals surface area (Å²) in [5.74, 6) is 2.18. The maximum absolute atomic E-state index is 12.8. The average molecular weight is 422 g/mol. The van der Waals surface area contributed by atoms with Gasteiger partial charge in [-0.2, -0.15) is 9.78 Å². The normalized spacial score (nSPS) is 12.3. The van der Waals surface area contributed by atoms with Crippen molar-refractivity contribution in [3.8, 4) is 22.4 Å². The SMILES string of the molecule is CCOc1cccc2sc(-n3nc(C)cc3NC(=O)c3ccc4c(c3)OCO4)nc12. The molecule has 0 unspecified atom stereocenters. The molecule has 0 saturated heterocycles. The lowest BCUT2D eigenvalue weighted by molar-refractivity contribution is 0.102. The van der Waals surface area contributed by atoms with E-state index in [0.717, 1.165) is 21.7 Å². The smallest absolute Gasteiger partial charge is 0.256 e. The molecule has 0 atom stereocenters. The summed E-state index contributed by atoms with van der Waals surface area (Å²) in [5.41, 5.74) is 2.01. The maximum atomic E-state index is 12.8. The van der Waals surface area contributed by atoms with Gasteiger partial charge >= 0.3 is 0 Å². The molecule has 0 spiro atoms. The molecule has 9 heteroatoms. The first-order valence-corrected chi connectivity index (χ1v) is 10.2. The number of amides is 1. The topological polar surface area (TPSA) is 87.5 Å². The van der Waals surface area contributed by atoms with Crippen LogP contribution >= 0.6 is 11.3 Å². The highest BCUT2D eigenvalue weighted by Crippen LogP contribution is 2.34.